The van der Waals surface area contributed by atoms with Crippen molar-refractivity contribution in [1.29, 1.82) is 0 Å². The van der Waals surface area contributed by atoms with Crippen molar-refractivity contribution >= 4 is 22.4 Å². The number of benzene rings is 1. The fraction of sp³-hybridized carbons (Fsp3) is 0.154. The van der Waals surface area contributed by atoms with Crippen molar-refractivity contribution in [3.8, 4) is 11.5 Å². The number of amides is 1. The smallest absolute Gasteiger partial charge is 0.247 e. The van der Waals surface area contributed by atoms with Crippen molar-refractivity contribution in [2.45, 2.75) is 12.8 Å². The highest BCUT2D eigenvalue weighted by Gasteiger charge is 2.11. The van der Waals surface area contributed by atoms with Crippen molar-refractivity contribution in [1.82, 2.24) is 20.4 Å². The summed E-state index contributed by atoms with van der Waals surface area (Å²) in [5, 5.41) is 18.4. The molecule has 0 aliphatic carbocycles. The molecule has 1 N–H and O–H groups in total. The van der Waals surface area contributed by atoms with Gasteiger partial charge < -0.3 is 9.73 Å². The molecule has 7 nitrogen and oxygen atoms in total. The van der Waals surface area contributed by atoms with Gasteiger partial charge in [0.25, 0.3) is 0 Å². The second kappa shape index (κ2) is 6.23. The van der Waals surface area contributed by atoms with Crippen LogP contribution in [0.25, 0.3) is 11.5 Å². The molecule has 0 unspecified atom stereocenters. The molecule has 3 rings (SSSR count). The second-order valence-corrected chi connectivity index (χ2v) is 4.99. The van der Waals surface area contributed by atoms with Crippen LogP contribution in [0.2, 0.25) is 0 Å². The summed E-state index contributed by atoms with van der Waals surface area (Å²) in [7, 11) is 0. The Morgan fingerprint density at radius 1 is 1.19 bits per heavy atom. The summed E-state index contributed by atoms with van der Waals surface area (Å²) in [5.41, 5.74) is 2.41. The molecule has 0 atom stereocenters. The van der Waals surface area contributed by atoms with E-state index in [0.29, 0.717) is 23.3 Å². The summed E-state index contributed by atoms with van der Waals surface area (Å²) >= 11 is 1.27. The average molecular weight is 301 g/mol. The zero-order valence-electron chi connectivity index (χ0n) is 10.9. The molecule has 0 radical (unpaired) electrons. The number of aryl methyl sites for hydroxylation is 1. The van der Waals surface area contributed by atoms with E-state index in [2.05, 4.69) is 25.7 Å². The summed E-state index contributed by atoms with van der Waals surface area (Å²) in [6, 6.07) is 9.49. The van der Waals surface area contributed by atoms with E-state index in [-0.39, 0.29) is 12.3 Å². The Morgan fingerprint density at radius 2 is 2.05 bits per heavy atom. The van der Waals surface area contributed by atoms with Gasteiger partial charge in [-0.25, -0.2) is 0 Å². The van der Waals surface area contributed by atoms with E-state index in [0.717, 1.165) is 5.56 Å². The normalized spacial score (nSPS) is 10.5. The molecule has 0 spiro atoms. The Bertz CT molecular complexity index is 711. The van der Waals surface area contributed by atoms with Crippen LogP contribution in [0.4, 0.5) is 5.13 Å². The maximum absolute atomic E-state index is 11.7. The first-order valence-electron chi connectivity index (χ1n) is 6.25. The van der Waals surface area contributed by atoms with E-state index in [1.165, 1.54) is 11.3 Å². The van der Waals surface area contributed by atoms with Crippen LogP contribution in [-0.2, 0) is 11.2 Å². The Hall–Kier alpha value is -2.61. The molecular formula is C13H11N5O2S. The molecule has 2 heterocycles. The third-order valence-electron chi connectivity index (χ3n) is 2.66. The molecule has 0 saturated carbocycles. The summed E-state index contributed by atoms with van der Waals surface area (Å²) in [4.78, 5) is 11.7. The molecule has 2 aromatic heterocycles. The number of hydrogen-bond donors (Lipinski definition) is 1. The van der Waals surface area contributed by atoms with E-state index in [4.69, 9.17) is 4.42 Å². The van der Waals surface area contributed by atoms with Crippen LogP contribution >= 0.6 is 11.3 Å². The molecule has 0 fully saturated rings. The summed E-state index contributed by atoms with van der Waals surface area (Å²) in [5.74, 6) is 0.725. The first-order valence-corrected chi connectivity index (χ1v) is 7.13. The fourth-order valence-electron chi connectivity index (χ4n) is 1.68. The monoisotopic (exact) mass is 301 g/mol. The summed E-state index contributed by atoms with van der Waals surface area (Å²) in [6.45, 7) is 0. The van der Waals surface area contributed by atoms with Crippen molar-refractivity contribution in [2.24, 2.45) is 0 Å². The first kappa shape index (κ1) is 13.4. The number of carbonyl (C=O) groups excluding carboxylic acids is 1. The third-order valence-corrected chi connectivity index (χ3v) is 3.27. The lowest BCUT2D eigenvalue weighted by atomic mass is 10.2. The Labute approximate surface area is 124 Å². The lowest BCUT2D eigenvalue weighted by Crippen LogP contribution is -2.12. The minimum absolute atomic E-state index is 0.161. The fourth-order valence-corrected chi connectivity index (χ4v) is 2.14. The van der Waals surface area contributed by atoms with Crippen LogP contribution in [0.5, 0.6) is 0 Å². The minimum Gasteiger partial charge on any atom is -0.421 e. The summed E-state index contributed by atoms with van der Waals surface area (Å²) < 4.78 is 5.53. The number of nitrogens with zero attached hydrogens (tertiary/aromatic N) is 4. The highest BCUT2D eigenvalue weighted by molar-refractivity contribution is 7.13. The molecule has 0 bridgehead atoms. The first-order chi connectivity index (χ1) is 10.3. The van der Waals surface area contributed by atoms with Crippen molar-refractivity contribution in [3.63, 3.8) is 0 Å². The molecule has 106 valence electrons. The van der Waals surface area contributed by atoms with E-state index >= 15 is 0 Å². The minimum atomic E-state index is -0.161. The molecule has 0 saturated heterocycles. The molecule has 0 aliphatic heterocycles. The topological polar surface area (TPSA) is 93.8 Å². The zero-order chi connectivity index (χ0) is 14.5. The van der Waals surface area contributed by atoms with Gasteiger partial charge >= 0.3 is 0 Å². The maximum atomic E-state index is 11.7. The number of aromatic nitrogens is 4. The van der Waals surface area contributed by atoms with Crippen LogP contribution in [0.1, 0.15) is 12.3 Å². The number of nitrogens with one attached hydrogen (secondary N) is 1. The Balaban J connectivity index is 1.56. The quantitative estimate of drug-likeness (QED) is 0.776. The Kier molecular flexibility index (Phi) is 3.97. The van der Waals surface area contributed by atoms with Crippen LogP contribution in [0, 0.1) is 0 Å². The van der Waals surface area contributed by atoms with Crippen molar-refractivity contribution < 1.29 is 9.21 Å². The number of rotatable bonds is 5. The van der Waals surface area contributed by atoms with Gasteiger partial charge in [-0.2, -0.15) is 0 Å². The van der Waals surface area contributed by atoms with Crippen molar-refractivity contribution in [3.05, 3.63) is 41.7 Å². The van der Waals surface area contributed by atoms with Gasteiger partial charge in [0.1, 0.15) is 5.51 Å². The predicted molar refractivity (Wildman–Crippen MR) is 76.6 cm³/mol. The van der Waals surface area contributed by atoms with Crippen LogP contribution in [0.15, 0.2) is 40.3 Å². The largest absolute Gasteiger partial charge is 0.421 e. The van der Waals surface area contributed by atoms with E-state index < -0.39 is 0 Å². The average Bonchev–Trinajstić information content (AvgIpc) is 3.17. The molecule has 1 aromatic carbocycles. The zero-order valence-corrected chi connectivity index (χ0v) is 11.7. The third kappa shape index (κ3) is 3.48. The van der Waals surface area contributed by atoms with Gasteiger partial charge in [0, 0.05) is 18.4 Å². The Morgan fingerprint density at radius 3 is 2.81 bits per heavy atom. The molecule has 1 amide bonds. The highest BCUT2D eigenvalue weighted by atomic mass is 32.1. The number of anilines is 1. The molecule has 3 aromatic rings. The van der Waals surface area contributed by atoms with Gasteiger partial charge in [0.05, 0.1) is 0 Å². The summed E-state index contributed by atoms with van der Waals surface area (Å²) in [6.07, 6.45) is 0.625. The van der Waals surface area contributed by atoms with Gasteiger partial charge in [0.2, 0.25) is 22.8 Å². The lowest BCUT2D eigenvalue weighted by molar-refractivity contribution is -0.116. The van der Waals surface area contributed by atoms with Gasteiger partial charge in [-0.05, 0) is 12.1 Å². The van der Waals surface area contributed by atoms with Crippen LogP contribution < -0.4 is 5.32 Å². The molecule has 0 aliphatic rings. The maximum Gasteiger partial charge on any atom is 0.247 e. The van der Waals surface area contributed by atoms with E-state index in [1.54, 1.807) is 5.51 Å². The van der Waals surface area contributed by atoms with Crippen LogP contribution in [0.3, 0.4) is 0 Å². The second-order valence-electron chi connectivity index (χ2n) is 4.16. The van der Waals surface area contributed by atoms with Gasteiger partial charge in [-0.1, -0.05) is 29.5 Å². The predicted octanol–water partition coefficient (Wildman–Crippen LogP) is 2.16. The number of hydrogen-bond acceptors (Lipinski definition) is 7. The highest BCUT2D eigenvalue weighted by Crippen LogP contribution is 2.17. The molecule has 21 heavy (non-hydrogen) atoms. The lowest BCUT2D eigenvalue weighted by Gasteiger charge is -1.98. The number of carbonyl (C=O) groups is 1. The van der Waals surface area contributed by atoms with Gasteiger partial charge in [-0.15, -0.1) is 20.4 Å². The SMILES string of the molecule is O=C(CCc1nnc(-c2ccccc2)o1)Nc1nncs1. The van der Waals surface area contributed by atoms with E-state index in [9.17, 15) is 4.79 Å². The standard InChI is InChI=1S/C13H11N5O2S/c19-10(15-13-18-14-8-21-13)6-7-11-16-17-12(20-11)9-4-2-1-3-5-9/h1-5,8H,6-7H2,(H,15,18,19). The van der Waals surface area contributed by atoms with E-state index in [1.807, 2.05) is 30.3 Å². The van der Waals surface area contributed by atoms with Gasteiger partial charge in [-0.3, -0.25) is 4.79 Å². The molecule has 8 heteroatoms. The van der Waals surface area contributed by atoms with Crippen molar-refractivity contribution in [2.75, 3.05) is 5.32 Å². The van der Waals surface area contributed by atoms with Crippen LogP contribution in [-0.4, -0.2) is 26.3 Å². The van der Waals surface area contributed by atoms with Gasteiger partial charge in [0.15, 0.2) is 0 Å². The molecular weight excluding hydrogens is 290 g/mol.